The molecule has 162 valence electrons. The highest BCUT2D eigenvalue weighted by molar-refractivity contribution is 5.90. The summed E-state index contributed by atoms with van der Waals surface area (Å²) in [6, 6.07) is 17.6. The molecule has 0 atom stereocenters. The highest BCUT2D eigenvalue weighted by Crippen LogP contribution is 2.17. The van der Waals surface area contributed by atoms with E-state index in [9.17, 15) is 4.79 Å². The molecule has 0 aliphatic heterocycles. The zero-order valence-corrected chi connectivity index (χ0v) is 18.2. The van der Waals surface area contributed by atoms with Gasteiger partial charge in [0.1, 0.15) is 6.26 Å². The maximum atomic E-state index is 12.0. The molecule has 1 amide bonds. The van der Waals surface area contributed by atoms with Gasteiger partial charge in [0.05, 0.1) is 12.2 Å². The van der Waals surface area contributed by atoms with Gasteiger partial charge in [-0.3, -0.25) is 9.79 Å². The van der Waals surface area contributed by atoms with E-state index in [1.54, 1.807) is 13.3 Å². The number of aromatic nitrogens is 1. The summed E-state index contributed by atoms with van der Waals surface area (Å²) >= 11 is 0. The van der Waals surface area contributed by atoms with Gasteiger partial charge < -0.3 is 20.4 Å². The number of guanidine groups is 1. The van der Waals surface area contributed by atoms with Crippen LogP contribution in [-0.2, 0) is 17.9 Å². The average molecular weight is 420 g/mol. The Hall–Kier alpha value is -3.61. The van der Waals surface area contributed by atoms with Crippen LogP contribution in [0.3, 0.4) is 0 Å². The first-order valence-electron chi connectivity index (χ1n) is 10.4. The molecular weight excluding hydrogens is 390 g/mol. The van der Waals surface area contributed by atoms with Crippen LogP contribution in [0.4, 0.5) is 5.69 Å². The molecular formula is C24H29N5O2. The predicted octanol–water partition coefficient (Wildman–Crippen LogP) is 4.19. The van der Waals surface area contributed by atoms with E-state index in [1.165, 1.54) is 0 Å². The molecule has 0 aliphatic rings. The summed E-state index contributed by atoms with van der Waals surface area (Å²) in [6.45, 7) is 5.11. The minimum atomic E-state index is 0.0278. The molecule has 1 heterocycles. The van der Waals surface area contributed by atoms with Crippen LogP contribution in [0.5, 0.6) is 0 Å². The van der Waals surface area contributed by atoms with Gasteiger partial charge in [-0.15, -0.1) is 0 Å². The molecule has 7 nitrogen and oxygen atoms in total. The van der Waals surface area contributed by atoms with Crippen LogP contribution in [0.1, 0.15) is 31.5 Å². The van der Waals surface area contributed by atoms with Crippen molar-refractivity contribution in [2.45, 2.75) is 33.4 Å². The molecule has 0 bridgehead atoms. The number of nitrogens with one attached hydrogen (secondary N) is 3. The van der Waals surface area contributed by atoms with Gasteiger partial charge in [0, 0.05) is 31.3 Å². The fraction of sp³-hybridized carbons (Fsp3) is 0.292. The lowest BCUT2D eigenvalue weighted by molar-refractivity contribution is -0.116. The van der Waals surface area contributed by atoms with Crippen LogP contribution in [0, 0.1) is 5.92 Å². The normalized spacial score (nSPS) is 11.4. The Morgan fingerprint density at radius 2 is 1.84 bits per heavy atom. The van der Waals surface area contributed by atoms with Gasteiger partial charge in [0.25, 0.3) is 0 Å². The first kappa shape index (κ1) is 22.1. The van der Waals surface area contributed by atoms with E-state index in [2.05, 4.69) is 25.9 Å². The van der Waals surface area contributed by atoms with E-state index in [-0.39, 0.29) is 5.91 Å². The Kier molecular flexibility index (Phi) is 7.81. The smallest absolute Gasteiger partial charge is 0.226 e. The van der Waals surface area contributed by atoms with Crippen molar-refractivity contribution in [2.24, 2.45) is 10.9 Å². The second kappa shape index (κ2) is 11.0. The summed E-state index contributed by atoms with van der Waals surface area (Å²) in [7, 11) is 1.72. The molecule has 0 saturated heterocycles. The zero-order valence-electron chi connectivity index (χ0n) is 18.2. The van der Waals surface area contributed by atoms with E-state index in [0.717, 1.165) is 22.5 Å². The molecule has 31 heavy (non-hydrogen) atoms. The van der Waals surface area contributed by atoms with Gasteiger partial charge >= 0.3 is 0 Å². The Balaban J connectivity index is 1.50. The molecule has 0 spiro atoms. The SMILES string of the molecule is CN=C(NCc1cccc(NC(=O)CC(C)C)c1)NCc1coc(-c2ccccc2)n1. The van der Waals surface area contributed by atoms with Crippen molar-refractivity contribution in [1.29, 1.82) is 0 Å². The van der Waals surface area contributed by atoms with Gasteiger partial charge in [-0.1, -0.05) is 44.2 Å². The summed E-state index contributed by atoms with van der Waals surface area (Å²) in [6.07, 6.45) is 2.15. The summed E-state index contributed by atoms with van der Waals surface area (Å²) in [5.74, 6) is 1.60. The number of carbonyl (C=O) groups is 1. The minimum absolute atomic E-state index is 0.0278. The molecule has 7 heteroatoms. The molecule has 1 aromatic heterocycles. The van der Waals surface area contributed by atoms with Crippen molar-refractivity contribution in [2.75, 3.05) is 12.4 Å². The lowest BCUT2D eigenvalue weighted by Crippen LogP contribution is -2.36. The monoisotopic (exact) mass is 419 g/mol. The number of hydrogen-bond acceptors (Lipinski definition) is 4. The molecule has 3 rings (SSSR count). The summed E-state index contributed by atoms with van der Waals surface area (Å²) in [5.41, 5.74) is 3.57. The number of anilines is 1. The standard InChI is InChI=1S/C24H29N5O2/c1-17(2)12-22(30)28-20-11-7-8-18(13-20)14-26-24(25-3)27-15-21-16-31-23(29-21)19-9-5-4-6-10-19/h4-11,13,16-17H,12,14-15H2,1-3H3,(H,28,30)(H2,25,26,27). The third kappa shape index (κ3) is 6.99. The van der Waals surface area contributed by atoms with Gasteiger partial charge in [-0.25, -0.2) is 4.98 Å². The number of benzene rings is 2. The van der Waals surface area contributed by atoms with Crippen molar-refractivity contribution in [3.63, 3.8) is 0 Å². The largest absolute Gasteiger partial charge is 0.444 e. The highest BCUT2D eigenvalue weighted by atomic mass is 16.3. The van der Waals surface area contributed by atoms with Gasteiger partial charge in [0.2, 0.25) is 11.8 Å². The molecule has 0 fully saturated rings. The van der Waals surface area contributed by atoms with Gasteiger partial charge in [0.15, 0.2) is 5.96 Å². The molecule has 0 unspecified atom stereocenters. The fourth-order valence-electron chi connectivity index (χ4n) is 3.02. The molecule has 2 aromatic carbocycles. The third-order valence-electron chi connectivity index (χ3n) is 4.50. The topological polar surface area (TPSA) is 91.5 Å². The number of oxazole rings is 1. The lowest BCUT2D eigenvalue weighted by Gasteiger charge is -2.12. The highest BCUT2D eigenvalue weighted by Gasteiger charge is 2.08. The molecule has 0 aliphatic carbocycles. The first-order valence-corrected chi connectivity index (χ1v) is 10.4. The Bertz CT molecular complexity index is 1010. The second-order valence-corrected chi connectivity index (χ2v) is 7.64. The maximum Gasteiger partial charge on any atom is 0.226 e. The Morgan fingerprint density at radius 3 is 2.58 bits per heavy atom. The van der Waals surface area contributed by atoms with Crippen LogP contribution < -0.4 is 16.0 Å². The third-order valence-corrected chi connectivity index (χ3v) is 4.50. The number of hydrogen-bond donors (Lipinski definition) is 3. The van der Waals surface area contributed by atoms with Crippen LogP contribution >= 0.6 is 0 Å². The average Bonchev–Trinajstić information content (AvgIpc) is 3.23. The van der Waals surface area contributed by atoms with Gasteiger partial charge in [-0.2, -0.15) is 0 Å². The van der Waals surface area contributed by atoms with Crippen LogP contribution in [0.15, 0.2) is 70.3 Å². The molecule has 3 N–H and O–H groups in total. The maximum absolute atomic E-state index is 12.0. The lowest BCUT2D eigenvalue weighted by atomic mass is 10.1. The van der Waals surface area contributed by atoms with Crippen LogP contribution in [-0.4, -0.2) is 23.9 Å². The van der Waals surface area contributed by atoms with E-state index < -0.39 is 0 Å². The molecule has 0 saturated carbocycles. The number of amides is 1. The van der Waals surface area contributed by atoms with Crippen molar-refractivity contribution in [1.82, 2.24) is 15.6 Å². The Labute approximate surface area is 183 Å². The molecule has 3 aromatic rings. The Morgan fingerprint density at radius 1 is 1.06 bits per heavy atom. The zero-order chi connectivity index (χ0) is 22.1. The second-order valence-electron chi connectivity index (χ2n) is 7.64. The van der Waals surface area contributed by atoms with E-state index in [1.807, 2.05) is 68.4 Å². The summed E-state index contributed by atoms with van der Waals surface area (Å²) in [4.78, 5) is 20.8. The number of aliphatic imine (C=N–C) groups is 1. The summed E-state index contributed by atoms with van der Waals surface area (Å²) in [5, 5.41) is 9.46. The first-order chi connectivity index (χ1) is 15.0. The van der Waals surface area contributed by atoms with Crippen molar-refractivity contribution in [3.05, 3.63) is 72.1 Å². The fourth-order valence-corrected chi connectivity index (χ4v) is 3.02. The summed E-state index contributed by atoms with van der Waals surface area (Å²) < 4.78 is 5.57. The van der Waals surface area contributed by atoms with Crippen LogP contribution in [0.2, 0.25) is 0 Å². The van der Waals surface area contributed by atoms with E-state index in [4.69, 9.17) is 4.42 Å². The minimum Gasteiger partial charge on any atom is -0.444 e. The van der Waals surface area contributed by atoms with Crippen molar-refractivity contribution < 1.29 is 9.21 Å². The number of rotatable bonds is 8. The van der Waals surface area contributed by atoms with E-state index in [0.29, 0.717) is 37.3 Å². The van der Waals surface area contributed by atoms with E-state index >= 15 is 0 Å². The van der Waals surface area contributed by atoms with Crippen molar-refractivity contribution >= 4 is 17.6 Å². The number of nitrogens with zero attached hydrogens (tertiary/aromatic N) is 2. The van der Waals surface area contributed by atoms with Crippen molar-refractivity contribution in [3.8, 4) is 11.5 Å². The quantitative estimate of drug-likeness (QED) is 0.376. The van der Waals surface area contributed by atoms with Gasteiger partial charge in [-0.05, 0) is 35.7 Å². The number of carbonyl (C=O) groups excluding carboxylic acids is 1. The predicted molar refractivity (Wildman–Crippen MR) is 124 cm³/mol. The van der Waals surface area contributed by atoms with Crippen LogP contribution in [0.25, 0.3) is 11.5 Å². The molecule has 0 radical (unpaired) electrons.